The summed E-state index contributed by atoms with van der Waals surface area (Å²) in [5.41, 5.74) is 7.41. The highest BCUT2D eigenvalue weighted by molar-refractivity contribution is 5.98. The summed E-state index contributed by atoms with van der Waals surface area (Å²) in [6.45, 7) is 52.2. The fraction of sp³-hybridized carbons (Fsp3) is 0.460. The third-order valence-electron chi connectivity index (χ3n) is 24.0. The molecule has 12 aromatic rings. The number of fused-ring (bicyclic) bond motifs is 5. The molecule has 0 radical (unpaired) electrons. The molecule has 0 saturated heterocycles. The van der Waals surface area contributed by atoms with Crippen molar-refractivity contribution >= 4 is 126 Å². The van der Waals surface area contributed by atoms with Gasteiger partial charge in [-0.25, -0.2) is 34.6 Å². The van der Waals surface area contributed by atoms with E-state index in [1.165, 1.54) is 24.8 Å². The van der Waals surface area contributed by atoms with E-state index in [0.29, 0.717) is 81.4 Å². The smallest absolute Gasteiger partial charge is 0.232 e. The summed E-state index contributed by atoms with van der Waals surface area (Å²) in [4.78, 5) is 92.5. The van der Waals surface area contributed by atoms with Gasteiger partial charge in [-0.15, -0.1) is 0 Å². The summed E-state index contributed by atoms with van der Waals surface area (Å²) in [6, 6.07) is 47.7. The van der Waals surface area contributed by atoms with Crippen LogP contribution in [0.25, 0.3) is 64.9 Å². The fourth-order valence-corrected chi connectivity index (χ4v) is 16.0. The van der Waals surface area contributed by atoms with Crippen molar-refractivity contribution < 1.29 is 49.5 Å². The van der Waals surface area contributed by atoms with E-state index in [4.69, 9.17) is 13.1 Å². The van der Waals surface area contributed by atoms with Crippen molar-refractivity contribution in [2.75, 3.05) is 26.6 Å². The lowest BCUT2D eigenvalue weighted by molar-refractivity contribution is -0.123. The number of nitrogens with zero attached hydrogens (tertiary/aromatic N) is 12. The molecule has 3 atom stereocenters. The number of amides is 5. The predicted molar refractivity (Wildman–Crippen MR) is 502 cm³/mol. The van der Waals surface area contributed by atoms with Gasteiger partial charge in [0.15, 0.2) is 11.4 Å². The summed E-state index contributed by atoms with van der Waals surface area (Å²) >= 11 is 0. The van der Waals surface area contributed by atoms with Gasteiger partial charge in [0.05, 0.1) is 116 Å². The molecule has 4 aliphatic rings. The van der Waals surface area contributed by atoms with Crippen LogP contribution in [0.4, 0.5) is 41.1 Å². The number of imidazole rings is 5. The van der Waals surface area contributed by atoms with Gasteiger partial charge in [-0.05, 0) is 262 Å². The molecule has 670 valence electrons. The molecule has 5 amide bonds. The standard InChI is InChI=1S/2C22H24N4O2.C20H27N3O2.C19H27N3O2.C17H23N3O2/c2*1-21(2,3)26-18-13-16(23-5)11-12-17(18)24-20(26)25-19(27)14-22(4,28)15-9-7-6-8-10-15;1-19(2)11-14(19)17(24)22-18-21-15-9-8-12(20(3,4)25)10-16(15)23(18)13-6-5-7-13;1-18(2,3)16(23)21-17-20-14-10-9-12(19(4,5)24)11-15(14)22(17)13-7-6-8-13;1-11-7-8-13-14(9-11)20(12-5-4-6-12)16(18-13)19-15(21)10-17(2,3)22/h2*6-13,28H,14H2,1-4H3,(H,24,25,27);8-10,13-14,25H,5-7,11H2,1-4H3,(H,21,22,24);9-11,13,24H,6-8H2,1-5H3,(H,20,21,23);7-9,12,22H,4-6,10H2,1-3H3,(H,18,19,21)/t2*22-;;;/m10.../s1. The second-order valence-electron chi connectivity index (χ2n) is 40.3. The van der Waals surface area contributed by atoms with Crippen LogP contribution in [0, 0.1) is 36.8 Å². The third-order valence-corrected chi connectivity index (χ3v) is 24.0. The quantitative estimate of drug-likeness (QED) is 0.0336. The lowest BCUT2D eigenvalue weighted by Gasteiger charge is -2.30. The number of anilines is 5. The molecule has 7 aromatic carbocycles. The number of rotatable bonds is 19. The Balaban J connectivity index is 0.000000145. The molecule has 5 aromatic heterocycles. The maximum Gasteiger partial charge on any atom is 0.232 e. The van der Waals surface area contributed by atoms with E-state index < -0.39 is 33.4 Å². The third kappa shape index (κ3) is 22.3. The number of carbonyl (C=O) groups excluding carboxylic acids is 5. The van der Waals surface area contributed by atoms with E-state index >= 15 is 0 Å². The molecule has 1 unspecified atom stereocenters. The molecule has 27 nitrogen and oxygen atoms in total. The highest BCUT2D eigenvalue weighted by Gasteiger charge is 2.51. The van der Waals surface area contributed by atoms with E-state index in [0.717, 1.165) is 100 Å². The first-order valence-electron chi connectivity index (χ1n) is 43.9. The normalized spacial score (nSPS) is 16.3. The highest BCUT2D eigenvalue weighted by Crippen LogP contribution is 2.52. The average Bonchev–Trinajstić information content (AvgIpc) is 1.59. The minimum atomic E-state index is -1.29. The Hall–Kier alpha value is -12.0. The number of aliphatic hydroxyl groups is 5. The van der Waals surface area contributed by atoms with Crippen molar-refractivity contribution in [2.45, 2.75) is 279 Å². The van der Waals surface area contributed by atoms with Crippen molar-refractivity contribution in [3.63, 3.8) is 0 Å². The number of aryl methyl sites for hydroxylation is 1. The van der Waals surface area contributed by atoms with Gasteiger partial charge in [0.1, 0.15) is 0 Å². The number of hydrogen-bond acceptors (Lipinski definition) is 15. The van der Waals surface area contributed by atoms with Crippen LogP contribution in [-0.2, 0) is 57.5 Å². The molecule has 5 heterocycles. The molecule has 0 aliphatic heterocycles. The van der Waals surface area contributed by atoms with Gasteiger partial charge in [-0.2, -0.15) is 0 Å². The predicted octanol–water partition coefficient (Wildman–Crippen LogP) is 20.3. The first-order chi connectivity index (χ1) is 59.3. The van der Waals surface area contributed by atoms with Crippen LogP contribution < -0.4 is 26.6 Å². The van der Waals surface area contributed by atoms with E-state index in [-0.39, 0.29) is 71.2 Å². The zero-order chi connectivity index (χ0) is 92.6. The van der Waals surface area contributed by atoms with E-state index in [2.05, 4.69) is 102 Å². The largest absolute Gasteiger partial charge is 0.390 e. The van der Waals surface area contributed by atoms with Gasteiger partial charge < -0.3 is 48.4 Å². The molecule has 27 heteroatoms. The highest BCUT2D eigenvalue weighted by atomic mass is 16.3. The average molecular weight is 1730 g/mol. The van der Waals surface area contributed by atoms with Crippen LogP contribution in [0.5, 0.6) is 0 Å². The Kier molecular flexibility index (Phi) is 27.0. The number of nitrogens with one attached hydrogen (secondary N) is 5. The maximum atomic E-state index is 12.7. The fourth-order valence-electron chi connectivity index (χ4n) is 16.0. The van der Waals surface area contributed by atoms with Gasteiger partial charge in [0.25, 0.3) is 0 Å². The zero-order valence-electron chi connectivity index (χ0n) is 77.1. The molecule has 4 saturated carbocycles. The van der Waals surface area contributed by atoms with Crippen LogP contribution in [0.3, 0.4) is 0 Å². The minimum Gasteiger partial charge on any atom is -0.390 e. The summed E-state index contributed by atoms with van der Waals surface area (Å²) < 4.78 is 10.3. The maximum absolute atomic E-state index is 12.7. The first kappa shape index (κ1) is 94.2. The molecule has 16 rings (SSSR count). The molecule has 4 fully saturated rings. The molecule has 0 bridgehead atoms. The van der Waals surface area contributed by atoms with E-state index in [9.17, 15) is 49.5 Å². The van der Waals surface area contributed by atoms with Crippen molar-refractivity contribution in [1.29, 1.82) is 0 Å². The van der Waals surface area contributed by atoms with Crippen molar-refractivity contribution in [3.05, 3.63) is 202 Å². The van der Waals surface area contributed by atoms with E-state index in [1.807, 2.05) is 156 Å². The number of carbonyl (C=O) groups is 5. The van der Waals surface area contributed by atoms with Crippen LogP contribution in [0.2, 0.25) is 0 Å². The Morgan fingerprint density at radius 3 is 1.06 bits per heavy atom. The molecular formula is C100H125N17O10. The number of benzene rings is 7. The molecular weight excluding hydrogens is 1600 g/mol. The minimum absolute atomic E-state index is 0.0407. The first-order valence-corrected chi connectivity index (χ1v) is 43.9. The molecule has 10 N–H and O–H groups in total. The Morgan fingerprint density at radius 2 is 0.724 bits per heavy atom. The summed E-state index contributed by atoms with van der Waals surface area (Å²) in [7, 11) is 0. The summed E-state index contributed by atoms with van der Waals surface area (Å²) in [5, 5.41) is 66.6. The SMILES string of the molecule is CC(C)(C)C(=O)Nc1nc2ccc(C(C)(C)O)cc2n1C1CCC1.CC(C)(O)c1ccc2nc(NC(=O)C3CC3(C)C)n(C3CCC3)c2c1.Cc1ccc2nc(NC(=O)CC(C)(C)O)n(C3CCC3)c2c1.[C-]#[N+]c1ccc2nc(NC(=O)C[C@@](C)(O)c3ccccc3)n(C(C)(C)C)c2c1.[C-]#[N+]c1ccc2nc(NC(=O)C[C@](C)(O)c3ccccc3)n(C(C)(C)C)c2c1. The van der Waals surface area contributed by atoms with Gasteiger partial charge in [0, 0.05) is 40.5 Å². The lowest BCUT2D eigenvalue weighted by atomic mass is 9.92. The molecule has 127 heavy (non-hydrogen) atoms. The summed E-state index contributed by atoms with van der Waals surface area (Å²) in [5.74, 6) is 1.90. The van der Waals surface area contributed by atoms with Gasteiger partial charge >= 0.3 is 0 Å². The van der Waals surface area contributed by atoms with Crippen LogP contribution >= 0.6 is 0 Å². The van der Waals surface area contributed by atoms with E-state index in [1.54, 1.807) is 116 Å². The van der Waals surface area contributed by atoms with Gasteiger partial charge in [-0.1, -0.05) is 126 Å². The van der Waals surface area contributed by atoms with Crippen molar-refractivity contribution in [3.8, 4) is 0 Å². The molecule has 4 aliphatic carbocycles. The van der Waals surface area contributed by atoms with Crippen molar-refractivity contribution in [2.24, 2.45) is 16.7 Å². The van der Waals surface area contributed by atoms with Crippen molar-refractivity contribution in [1.82, 2.24) is 47.8 Å². The van der Waals surface area contributed by atoms with Crippen LogP contribution in [-0.4, -0.2) is 108 Å². The topological polar surface area (TPSA) is 344 Å². The Morgan fingerprint density at radius 1 is 0.402 bits per heavy atom. The Labute approximate surface area is 743 Å². The summed E-state index contributed by atoms with van der Waals surface area (Å²) in [6.07, 6.45) is 11.1. The second-order valence-corrected chi connectivity index (χ2v) is 40.3. The number of aromatic nitrogens is 10. The van der Waals surface area contributed by atoms with Crippen LogP contribution in [0.15, 0.2) is 152 Å². The number of hydrogen-bond donors (Lipinski definition) is 10. The van der Waals surface area contributed by atoms with Crippen LogP contribution in [0.1, 0.15) is 261 Å². The van der Waals surface area contributed by atoms with Gasteiger partial charge in [0.2, 0.25) is 59.3 Å². The molecule has 0 spiro atoms. The lowest BCUT2D eigenvalue weighted by Crippen LogP contribution is -2.31. The zero-order valence-corrected chi connectivity index (χ0v) is 77.1. The van der Waals surface area contributed by atoms with Gasteiger partial charge in [-0.3, -0.25) is 50.6 Å². The second kappa shape index (κ2) is 36.4. The Bertz CT molecular complexity index is 5980. The monoisotopic (exact) mass is 1720 g/mol.